The molecule has 15 heteroatoms. The number of halogens is 1. The first-order valence-corrected chi connectivity index (χ1v) is 14.5. The summed E-state index contributed by atoms with van der Waals surface area (Å²) >= 11 is 8.22. The predicted molar refractivity (Wildman–Crippen MR) is 152 cm³/mol. The summed E-state index contributed by atoms with van der Waals surface area (Å²) in [7, 11) is 1.22. The molecule has 6 rings (SSSR count). The number of fused-ring (bicyclic) bond motifs is 4. The van der Waals surface area contributed by atoms with Gasteiger partial charge in [-0.15, -0.1) is 28.5 Å². The van der Waals surface area contributed by atoms with Gasteiger partial charge in [-0.2, -0.15) is 0 Å². The zero-order valence-corrected chi connectivity index (χ0v) is 23.5. The van der Waals surface area contributed by atoms with Crippen LogP contribution in [0.15, 0.2) is 52.6 Å². The Morgan fingerprint density at radius 1 is 1.20 bits per heavy atom. The number of ketones is 1. The molecule has 1 aliphatic carbocycles. The number of carbonyl (C=O) groups is 4. The summed E-state index contributed by atoms with van der Waals surface area (Å²) in [5, 5.41) is 18.4. The molecule has 41 heavy (non-hydrogen) atoms. The van der Waals surface area contributed by atoms with Crippen molar-refractivity contribution in [1.82, 2.24) is 14.5 Å². The third-order valence-electron chi connectivity index (χ3n) is 7.03. The monoisotopic (exact) mass is 610 g/mol. The van der Waals surface area contributed by atoms with E-state index < -0.39 is 35.0 Å². The molecule has 2 amide bonds. The van der Waals surface area contributed by atoms with Gasteiger partial charge >= 0.3 is 5.97 Å². The van der Waals surface area contributed by atoms with Gasteiger partial charge in [0.15, 0.2) is 11.6 Å². The van der Waals surface area contributed by atoms with Crippen LogP contribution in [0.1, 0.15) is 27.0 Å². The number of amides is 2. The van der Waals surface area contributed by atoms with Gasteiger partial charge in [0, 0.05) is 28.3 Å². The number of oxime groups is 1. The number of alkyl halides is 1. The number of carbonyl (C=O) groups excluding carboxylic acids is 3. The first-order chi connectivity index (χ1) is 19.8. The van der Waals surface area contributed by atoms with E-state index in [1.54, 1.807) is 24.3 Å². The Kier molecular flexibility index (Phi) is 6.76. The Bertz CT molecular complexity index is 1710. The van der Waals surface area contributed by atoms with Gasteiger partial charge in [0.25, 0.3) is 11.8 Å². The fourth-order valence-electron chi connectivity index (χ4n) is 5.22. The van der Waals surface area contributed by atoms with Gasteiger partial charge in [0.1, 0.15) is 24.2 Å². The van der Waals surface area contributed by atoms with Crippen molar-refractivity contribution in [3.8, 4) is 11.1 Å². The van der Waals surface area contributed by atoms with Crippen LogP contribution in [0.25, 0.3) is 16.7 Å². The average molecular weight is 611 g/mol. The lowest BCUT2D eigenvalue weighted by molar-refractivity contribution is -0.148. The number of benzene rings is 2. The lowest BCUT2D eigenvalue weighted by atomic mass is 9.95. The van der Waals surface area contributed by atoms with E-state index in [0.717, 1.165) is 27.6 Å². The van der Waals surface area contributed by atoms with Crippen LogP contribution in [-0.4, -0.2) is 73.3 Å². The summed E-state index contributed by atoms with van der Waals surface area (Å²) in [6.45, 7) is 0. The maximum atomic E-state index is 13.6. The lowest BCUT2D eigenvalue weighted by Crippen LogP contribution is -2.72. The average Bonchev–Trinajstić information content (AvgIpc) is 3.61. The number of nitrogens with zero attached hydrogens (tertiary/aromatic N) is 5. The standard InChI is InChI=1S/C26H19ClN6O6S2/c1-39-30-22(28)24(36)32(18-10-41-31-29-18)20-23(35)33-19(26(37)38)17(9-40-25(20)33)12-3-5-14-15(7-12)13-4-2-11(8-27)6-16(13)21(14)34/h2-7,10,20,25H,8-9H2,1H3,(H2,28,30)(H,37,38)/t20-,25+/m1/s1. The number of hydrogen-bond acceptors (Lipinski definition) is 10. The summed E-state index contributed by atoms with van der Waals surface area (Å²) in [4.78, 5) is 59.2. The summed E-state index contributed by atoms with van der Waals surface area (Å²) in [6, 6.07) is 9.48. The van der Waals surface area contributed by atoms with Crippen molar-refractivity contribution in [2.75, 3.05) is 17.8 Å². The second-order valence-corrected chi connectivity index (χ2v) is 11.2. The highest BCUT2D eigenvalue weighted by atomic mass is 35.5. The van der Waals surface area contributed by atoms with Gasteiger partial charge in [-0.1, -0.05) is 27.8 Å². The second kappa shape index (κ2) is 10.3. The molecule has 0 saturated carbocycles. The largest absolute Gasteiger partial charge is 0.477 e. The van der Waals surface area contributed by atoms with Crippen molar-refractivity contribution in [1.29, 1.82) is 0 Å². The Hall–Kier alpha value is -4.27. The van der Waals surface area contributed by atoms with Crippen LogP contribution in [-0.2, 0) is 25.1 Å². The van der Waals surface area contributed by atoms with E-state index in [1.807, 2.05) is 12.1 Å². The molecular weight excluding hydrogens is 592 g/mol. The van der Waals surface area contributed by atoms with Crippen LogP contribution in [0, 0.1) is 0 Å². The summed E-state index contributed by atoms with van der Waals surface area (Å²) in [5.41, 5.74) is 9.84. The maximum absolute atomic E-state index is 13.6. The predicted octanol–water partition coefficient (Wildman–Crippen LogP) is 2.52. The Morgan fingerprint density at radius 2 is 1.98 bits per heavy atom. The first kappa shape index (κ1) is 26.9. The molecule has 3 aliphatic rings. The topological polar surface area (TPSA) is 168 Å². The summed E-state index contributed by atoms with van der Waals surface area (Å²) < 4.78 is 3.78. The molecule has 2 atom stereocenters. The number of hydrogen-bond donors (Lipinski definition) is 2. The van der Waals surface area contributed by atoms with Crippen molar-refractivity contribution < 1.29 is 29.1 Å². The molecule has 0 spiro atoms. The molecule has 0 radical (unpaired) electrons. The summed E-state index contributed by atoms with van der Waals surface area (Å²) in [6.07, 6.45) is 0. The van der Waals surface area contributed by atoms with Crippen molar-refractivity contribution >= 4 is 75.7 Å². The third kappa shape index (κ3) is 4.17. The molecule has 0 unspecified atom stereocenters. The van der Waals surface area contributed by atoms with Crippen molar-refractivity contribution in [2.24, 2.45) is 10.9 Å². The normalized spacial score (nSPS) is 19.4. The molecule has 2 aromatic carbocycles. The van der Waals surface area contributed by atoms with Crippen LogP contribution in [0.3, 0.4) is 0 Å². The minimum Gasteiger partial charge on any atom is -0.477 e. The van der Waals surface area contributed by atoms with Gasteiger partial charge in [-0.3, -0.25) is 24.2 Å². The van der Waals surface area contributed by atoms with Crippen LogP contribution < -0.4 is 10.6 Å². The van der Waals surface area contributed by atoms with Crippen molar-refractivity contribution in [3.63, 3.8) is 0 Å². The number of aliphatic carboxylic acids is 1. The van der Waals surface area contributed by atoms with Crippen LogP contribution in [0.4, 0.5) is 5.82 Å². The number of anilines is 1. The number of carboxylic acid groups (broad SMARTS) is 1. The second-order valence-electron chi connectivity index (χ2n) is 9.19. The van der Waals surface area contributed by atoms with E-state index >= 15 is 0 Å². The lowest BCUT2D eigenvalue weighted by Gasteiger charge is -2.52. The number of β-lactam (4-membered cyclic amide) rings is 1. The molecule has 1 aromatic heterocycles. The highest BCUT2D eigenvalue weighted by Crippen LogP contribution is 2.47. The molecule has 3 aromatic rings. The van der Waals surface area contributed by atoms with E-state index in [9.17, 15) is 24.3 Å². The highest BCUT2D eigenvalue weighted by molar-refractivity contribution is 8.00. The minimum atomic E-state index is -1.30. The number of thioether (sulfide) groups is 1. The van der Waals surface area contributed by atoms with E-state index in [4.69, 9.17) is 17.3 Å². The van der Waals surface area contributed by atoms with Crippen LogP contribution in [0.5, 0.6) is 0 Å². The number of nitrogens with two attached hydrogens (primary N) is 1. The Balaban J connectivity index is 1.39. The fourth-order valence-corrected chi connectivity index (χ4v) is 7.24. The number of rotatable bonds is 6. The van der Waals surface area contributed by atoms with Crippen molar-refractivity contribution in [3.05, 3.63) is 69.7 Å². The minimum absolute atomic E-state index is 0.0822. The van der Waals surface area contributed by atoms with Gasteiger partial charge in [0.05, 0.1) is 5.38 Å². The molecule has 3 N–H and O–H groups in total. The fraction of sp³-hybridized carbons (Fsp3) is 0.192. The maximum Gasteiger partial charge on any atom is 0.352 e. The van der Waals surface area contributed by atoms with E-state index in [-0.39, 0.29) is 28.9 Å². The molecule has 12 nitrogen and oxygen atoms in total. The number of aromatic nitrogens is 2. The van der Waals surface area contributed by atoms with Gasteiger partial charge in [0.2, 0.25) is 5.84 Å². The Morgan fingerprint density at radius 3 is 2.66 bits per heavy atom. The number of amidine groups is 1. The quantitative estimate of drug-likeness (QED) is 0.109. The smallest absolute Gasteiger partial charge is 0.352 e. The Labute approximate surface area is 245 Å². The zero-order valence-electron chi connectivity index (χ0n) is 21.1. The first-order valence-electron chi connectivity index (χ1n) is 12.0. The van der Waals surface area contributed by atoms with E-state index in [0.29, 0.717) is 27.8 Å². The third-order valence-corrected chi connectivity index (χ3v) is 9.10. The molecule has 3 heterocycles. The van der Waals surface area contributed by atoms with E-state index in [2.05, 4.69) is 19.6 Å². The highest BCUT2D eigenvalue weighted by Gasteiger charge is 2.58. The van der Waals surface area contributed by atoms with Crippen molar-refractivity contribution in [2.45, 2.75) is 17.3 Å². The molecule has 1 fully saturated rings. The molecule has 2 aliphatic heterocycles. The molecule has 208 valence electrons. The van der Waals surface area contributed by atoms with E-state index in [1.165, 1.54) is 29.2 Å². The molecule has 0 bridgehead atoms. The van der Waals surface area contributed by atoms with Gasteiger partial charge in [-0.05, 0) is 52.0 Å². The zero-order chi connectivity index (χ0) is 29.0. The number of carboxylic acids is 1. The van der Waals surface area contributed by atoms with Gasteiger partial charge in [-0.25, -0.2) is 4.79 Å². The molecular formula is C26H19ClN6O6S2. The van der Waals surface area contributed by atoms with Crippen LogP contribution in [0.2, 0.25) is 0 Å². The van der Waals surface area contributed by atoms with Gasteiger partial charge < -0.3 is 15.7 Å². The SMILES string of the molecule is CO/N=C(\N)C(=O)N(c1csnn1)[C@@H]1C(=O)N2C(C(=O)O)=C(c3ccc4c(c3)-c3ccc(CCl)cc3C4=O)CS[C@@H]12. The molecule has 1 saturated heterocycles. The summed E-state index contributed by atoms with van der Waals surface area (Å²) in [5.74, 6) is -2.81. The van der Waals surface area contributed by atoms with Crippen LogP contribution >= 0.6 is 34.9 Å².